The van der Waals surface area contributed by atoms with Gasteiger partial charge in [0, 0.05) is 38.3 Å². The van der Waals surface area contributed by atoms with Gasteiger partial charge < -0.3 is 51.0 Å². The minimum atomic E-state index is -1.41. The molecular formula is C37H49N9O8. The van der Waals surface area contributed by atoms with Gasteiger partial charge in [0.25, 0.3) is 0 Å². The molecule has 290 valence electrons. The van der Waals surface area contributed by atoms with Gasteiger partial charge in [-0.15, -0.1) is 0 Å². The number of aromatic hydroxyl groups is 1. The summed E-state index contributed by atoms with van der Waals surface area (Å²) in [6.45, 7) is 9.18. The summed E-state index contributed by atoms with van der Waals surface area (Å²) in [5.74, 6) is -0.592. The largest absolute Gasteiger partial charge is 0.508 e. The fourth-order valence-corrected chi connectivity index (χ4v) is 5.81. The predicted molar refractivity (Wildman–Crippen MR) is 197 cm³/mol. The minimum absolute atomic E-state index is 0.00709. The Labute approximate surface area is 313 Å². The van der Waals surface area contributed by atoms with E-state index >= 15 is 0 Å². The number of ether oxygens (including phenoxy) is 1. The zero-order chi connectivity index (χ0) is 39.4. The van der Waals surface area contributed by atoms with Gasteiger partial charge in [0.1, 0.15) is 29.5 Å². The highest BCUT2D eigenvalue weighted by Crippen LogP contribution is 2.23. The Hall–Kier alpha value is -6.13. The molecule has 54 heavy (non-hydrogen) atoms. The summed E-state index contributed by atoms with van der Waals surface area (Å²) in [6, 6.07) is 9.24. The summed E-state index contributed by atoms with van der Waals surface area (Å²) in [6.07, 6.45) is 2.06. The number of aromatic nitrogens is 4. The first kappa shape index (κ1) is 40.6. The standard InChI is InChI=1S/C37H49N9O8/c1-22-18-25(47)19-23(2)26(22)21-29(42-31(48)27(43-35(50)51)12-9-16-46-17-15-39-34(46)38)32(49)41-28(13-14-40-36(52)53-37(3,4)5)33-44-30(45-54-33)20-24-10-7-6-8-11-24/h6-8,10-11,15,17-19,27-29,43,47H,9,12-14,16,20-21H2,1-5H3,(H2,38,39)(H,40,52)(H,41,49)(H,42,48)(H,50,51). The van der Waals surface area contributed by atoms with Crippen molar-refractivity contribution in [1.82, 2.24) is 41.0 Å². The van der Waals surface area contributed by atoms with E-state index < -0.39 is 47.7 Å². The number of carbonyl (C=O) groups excluding carboxylic acids is 3. The number of alkyl carbamates (subject to hydrolysis) is 1. The Kier molecular flexibility index (Phi) is 14.0. The fraction of sp³-hybridized carbons (Fsp3) is 0.432. The number of phenols is 1. The van der Waals surface area contributed by atoms with E-state index in [1.54, 1.807) is 57.5 Å². The molecule has 0 aliphatic rings. The second kappa shape index (κ2) is 18.6. The van der Waals surface area contributed by atoms with Crippen molar-refractivity contribution >= 4 is 29.9 Å². The highest BCUT2D eigenvalue weighted by molar-refractivity contribution is 5.91. The number of nitrogens with one attached hydrogen (secondary N) is 4. The van der Waals surface area contributed by atoms with E-state index in [9.17, 15) is 29.4 Å². The summed E-state index contributed by atoms with van der Waals surface area (Å²) in [7, 11) is 0. The molecule has 4 aromatic rings. The van der Waals surface area contributed by atoms with Crippen molar-refractivity contribution < 1.29 is 38.7 Å². The van der Waals surface area contributed by atoms with Crippen molar-refractivity contribution in [2.75, 3.05) is 12.3 Å². The van der Waals surface area contributed by atoms with Crippen LogP contribution in [0, 0.1) is 13.8 Å². The first-order valence-corrected chi connectivity index (χ1v) is 17.6. The van der Waals surface area contributed by atoms with E-state index in [-0.39, 0.29) is 43.4 Å². The number of benzene rings is 2. The summed E-state index contributed by atoms with van der Waals surface area (Å²) >= 11 is 0. The van der Waals surface area contributed by atoms with E-state index in [0.29, 0.717) is 41.9 Å². The van der Waals surface area contributed by atoms with Crippen LogP contribution in [0.2, 0.25) is 0 Å². The number of phenolic OH excluding ortho intramolecular Hbond substituents is 1. The average molecular weight is 748 g/mol. The highest BCUT2D eigenvalue weighted by Gasteiger charge is 2.31. The molecule has 3 unspecified atom stereocenters. The van der Waals surface area contributed by atoms with Gasteiger partial charge in [0.15, 0.2) is 11.8 Å². The van der Waals surface area contributed by atoms with E-state index in [4.69, 9.17) is 15.0 Å². The zero-order valence-electron chi connectivity index (χ0n) is 31.1. The van der Waals surface area contributed by atoms with Gasteiger partial charge in [-0.05, 0) is 88.3 Å². The molecule has 4 rings (SSSR count). The molecule has 2 heterocycles. The quantitative estimate of drug-likeness (QED) is 0.0818. The second-order valence-electron chi connectivity index (χ2n) is 13.9. The second-order valence-corrected chi connectivity index (χ2v) is 13.9. The number of hydrogen-bond acceptors (Lipinski definition) is 11. The SMILES string of the molecule is Cc1cc(O)cc(C)c1CC(NC(=O)C(CCCn1ccnc1N)NC(=O)O)C(=O)NC(CCNC(=O)OC(C)(C)C)c1nc(Cc2ccccc2)no1. The molecule has 0 aliphatic carbocycles. The zero-order valence-corrected chi connectivity index (χ0v) is 31.1. The normalized spacial score (nSPS) is 13.0. The third-order valence-corrected chi connectivity index (χ3v) is 8.38. The lowest BCUT2D eigenvalue weighted by molar-refractivity contribution is -0.130. The van der Waals surface area contributed by atoms with Crippen LogP contribution in [0.25, 0.3) is 0 Å². The Balaban J connectivity index is 1.59. The van der Waals surface area contributed by atoms with E-state index in [1.807, 2.05) is 30.3 Å². The first-order chi connectivity index (χ1) is 25.6. The molecule has 17 nitrogen and oxygen atoms in total. The number of hydrogen-bond donors (Lipinski definition) is 7. The maximum atomic E-state index is 14.3. The van der Waals surface area contributed by atoms with Crippen LogP contribution in [0.5, 0.6) is 5.75 Å². The smallest absolute Gasteiger partial charge is 0.407 e. The molecular weight excluding hydrogens is 698 g/mol. The molecule has 0 fully saturated rings. The predicted octanol–water partition coefficient (Wildman–Crippen LogP) is 3.68. The monoisotopic (exact) mass is 747 g/mol. The number of carboxylic acid groups (broad SMARTS) is 1. The van der Waals surface area contributed by atoms with Crippen LogP contribution in [-0.4, -0.2) is 78.1 Å². The lowest BCUT2D eigenvalue weighted by atomic mass is 9.95. The van der Waals surface area contributed by atoms with Gasteiger partial charge in [-0.2, -0.15) is 4.98 Å². The lowest BCUT2D eigenvalue weighted by Crippen LogP contribution is -2.55. The third-order valence-electron chi connectivity index (χ3n) is 8.38. The molecule has 0 spiro atoms. The molecule has 0 aliphatic heterocycles. The number of nitrogens with two attached hydrogens (primary N) is 1. The van der Waals surface area contributed by atoms with Crippen LogP contribution in [0.3, 0.4) is 0 Å². The van der Waals surface area contributed by atoms with Gasteiger partial charge in [0.05, 0.1) is 0 Å². The van der Waals surface area contributed by atoms with E-state index in [1.165, 1.54) is 6.20 Å². The molecule has 0 radical (unpaired) electrons. The molecule has 3 atom stereocenters. The van der Waals surface area contributed by atoms with Crippen molar-refractivity contribution in [2.45, 2.75) is 97.0 Å². The third kappa shape index (κ3) is 12.5. The van der Waals surface area contributed by atoms with Gasteiger partial charge in [0.2, 0.25) is 17.7 Å². The van der Waals surface area contributed by atoms with Crippen LogP contribution in [0.4, 0.5) is 15.5 Å². The topological polar surface area (TPSA) is 249 Å². The first-order valence-electron chi connectivity index (χ1n) is 17.6. The summed E-state index contributed by atoms with van der Waals surface area (Å²) in [4.78, 5) is 60.7. The molecule has 17 heteroatoms. The number of amides is 4. The molecule has 0 saturated carbocycles. The molecule has 4 amide bonds. The number of rotatable bonds is 17. The van der Waals surface area contributed by atoms with E-state index in [2.05, 4.69) is 36.4 Å². The van der Waals surface area contributed by atoms with Crippen LogP contribution < -0.4 is 27.0 Å². The van der Waals surface area contributed by atoms with Crippen LogP contribution in [-0.2, 0) is 33.7 Å². The number of nitrogens with zero attached hydrogens (tertiary/aromatic N) is 4. The van der Waals surface area contributed by atoms with Crippen LogP contribution >= 0.6 is 0 Å². The lowest BCUT2D eigenvalue weighted by Gasteiger charge is -2.25. The van der Waals surface area contributed by atoms with Gasteiger partial charge >= 0.3 is 12.2 Å². The molecule has 0 bridgehead atoms. The van der Waals surface area contributed by atoms with Gasteiger partial charge in [-0.1, -0.05) is 35.5 Å². The Bertz CT molecular complexity index is 1860. The van der Waals surface area contributed by atoms with Crippen molar-refractivity contribution in [2.24, 2.45) is 0 Å². The van der Waals surface area contributed by atoms with Crippen LogP contribution in [0.1, 0.15) is 80.0 Å². The van der Waals surface area contributed by atoms with Gasteiger partial charge in [-0.25, -0.2) is 14.6 Å². The minimum Gasteiger partial charge on any atom is -0.508 e. The molecule has 2 aromatic heterocycles. The number of anilines is 1. The van der Waals surface area contributed by atoms with Crippen molar-refractivity contribution in [3.63, 3.8) is 0 Å². The number of aryl methyl sites for hydroxylation is 3. The molecule has 0 saturated heterocycles. The maximum Gasteiger partial charge on any atom is 0.407 e. The molecule has 8 N–H and O–H groups in total. The number of imidazole rings is 1. The van der Waals surface area contributed by atoms with Gasteiger partial charge in [-0.3, -0.25) is 9.59 Å². The van der Waals surface area contributed by atoms with Crippen molar-refractivity contribution in [3.8, 4) is 5.75 Å². The maximum absolute atomic E-state index is 14.3. The number of carbonyl (C=O) groups is 4. The van der Waals surface area contributed by atoms with E-state index in [0.717, 1.165) is 5.56 Å². The fourth-order valence-electron chi connectivity index (χ4n) is 5.81. The Morgan fingerprint density at radius 2 is 1.67 bits per heavy atom. The summed E-state index contributed by atoms with van der Waals surface area (Å²) < 4.78 is 12.6. The molecule has 2 aromatic carbocycles. The summed E-state index contributed by atoms with van der Waals surface area (Å²) in [5.41, 5.74) is 8.11. The van der Waals surface area contributed by atoms with Crippen LogP contribution in [0.15, 0.2) is 59.4 Å². The summed E-state index contributed by atoms with van der Waals surface area (Å²) in [5, 5.41) is 34.4. The Morgan fingerprint density at radius 1 is 0.981 bits per heavy atom. The van der Waals surface area contributed by atoms with Crippen molar-refractivity contribution in [1.29, 1.82) is 0 Å². The number of nitrogen functional groups attached to an aromatic ring is 1. The van der Waals surface area contributed by atoms with Crippen molar-refractivity contribution in [3.05, 3.63) is 88.8 Å². The highest BCUT2D eigenvalue weighted by atomic mass is 16.6. The average Bonchev–Trinajstić information content (AvgIpc) is 3.72. The Morgan fingerprint density at radius 3 is 2.30 bits per heavy atom.